The normalized spacial score (nSPS) is 19.5. The zero-order valence-corrected chi connectivity index (χ0v) is 12.0. The van der Waals surface area contributed by atoms with Gasteiger partial charge in [-0.1, -0.05) is 31.7 Å². The zero-order chi connectivity index (χ0) is 13.0. The molecule has 0 aliphatic heterocycles. The first-order valence-corrected chi connectivity index (χ1v) is 7.42. The Morgan fingerprint density at radius 1 is 1.22 bits per heavy atom. The van der Waals surface area contributed by atoms with Crippen LogP contribution in [0.15, 0.2) is 22.7 Å². The van der Waals surface area contributed by atoms with Crippen LogP contribution in [0.2, 0.25) is 0 Å². The van der Waals surface area contributed by atoms with Gasteiger partial charge in [-0.25, -0.2) is 4.39 Å². The Hall–Kier alpha value is -0.450. The molecule has 1 saturated carbocycles. The summed E-state index contributed by atoms with van der Waals surface area (Å²) in [7, 11) is 0. The lowest BCUT2D eigenvalue weighted by Gasteiger charge is -2.26. The molecule has 1 unspecified atom stereocenters. The fourth-order valence-corrected chi connectivity index (χ4v) is 3.10. The molecule has 0 bridgehead atoms. The van der Waals surface area contributed by atoms with Crippen LogP contribution in [0, 0.1) is 11.7 Å². The molecule has 0 heterocycles. The fourth-order valence-electron chi connectivity index (χ4n) is 2.85. The predicted octanol–water partition coefficient (Wildman–Crippen LogP) is 4.06. The van der Waals surface area contributed by atoms with Gasteiger partial charge in [-0.3, -0.25) is 11.3 Å². The van der Waals surface area contributed by atoms with Crippen molar-refractivity contribution in [1.29, 1.82) is 0 Å². The topological polar surface area (TPSA) is 38.0 Å². The maximum Gasteiger partial charge on any atom is 0.137 e. The number of hydrazine groups is 1. The van der Waals surface area contributed by atoms with Crippen molar-refractivity contribution in [2.24, 2.45) is 11.8 Å². The van der Waals surface area contributed by atoms with Crippen molar-refractivity contribution in [3.05, 3.63) is 34.1 Å². The van der Waals surface area contributed by atoms with Gasteiger partial charge in [0.2, 0.25) is 0 Å². The van der Waals surface area contributed by atoms with Crippen molar-refractivity contribution in [2.75, 3.05) is 0 Å². The van der Waals surface area contributed by atoms with Gasteiger partial charge in [-0.05, 0) is 52.4 Å². The minimum absolute atomic E-state index is 0.0608. The van der Waals surface area contributed by atoms with Crippen molar-refractivity contribution < 1.29 is 4.39 Å². The number of nitrogens with one attached hydrogen (secondary N) is 1. The highest BCUT2D eigenvalue weighted by Crippen LogP contribution is 2.34. The van der Waals surface area contributed by atoms with Crippen LogP contribution in [-0.4, -0.2) is 0 Å². The quantitative estimate of drug-likeness (QED) is 0.501. The second-order valence-electron chi connectivity index (χ2n) is 5.07. The van der Waals surface area contributed by atoms with Crippen LogP contribution in [0.1, 0.15) is 50.1 Å². The number of hydrogen-bond donors (Lipinski definition) is 2. The van der Waals surface area contributed by atoms with Crippen LogP contribution in [-0.2, 0) is 0 Å². The minimum atomic E-state index is -0.221. The van der Waals surface area contributed by atoms with E-state index in [0.717, 1.165) is 5.56 Å². The van der Waals surface area contributed by atoms with E-state index in [1.807, 2.05) is 6.07 Å². The molecule has 0 aromatic heterocycles. The summed E-state index contributed by atoms with van der Waals surface area (Å²) in [5, 5.41) is 0. The molecule has 0 saturated heterocycles. The molecule has 0 amide bonds. The molecular weight excluding hydrogens is 295 g/mol. The van der Waals surface area contributed by atoms with E-state index in [2.05, 4.69) is 21.4 Å². The van der Waals surface area contributed by atoms with Crippen molar-refractivity contribution in [3.8, 4) is 0 Å². The molecule has 0 spiro atoms. The summed E-state index contributed by atoms with van der Waals surface area (Å²) in [6.07, 6.45) is 7.47. The Bertz CT molecular complexity index is 389. The summed E-state index contributed by atoms with van der Waals surface area (Å²) in [6, 6.07) is 5.35. The first-order valence-electron chi connectivity index (χ1n) is 6.63. The average Bonchev–Trinajstić information content (AvgIpc) is 2.64. The third kappa shape index (κ3) is 3.31. The molecule has 1 fully saturated rings. The second-order valence-corrected chi connectivity index (χ2v) is 5.92. The number of benzene rings is 1. The van der Waals surface area contributed by atoms with E-state index in [4.69, 9.17) is 5.84 Å². The van der Waals surface area contributed by atoms with Crippen LogP contribution < -0.4 is 11.3 Å². The van der Waals surface area contributed by atoms with Gasteiger partial charge in [-0.2, -0.15) is 0 Å². The minimum Gasteiger partial charge on any atom is -0.271 e. The monoisotopic (exact) mass is 314 g/mol. The Kier molecular flexibility index (Phi) is 5.15. The molecule has 1 aromatic carbocycles. The zero-order valence-electron chi connectivity index (χ0n) is 10.5. The summed E-state index contributed by atoms with van der Waals surface area (Å²) in [4.78, 5) is 0. The van der Waals surface area contributed by atoms with Crippen molar-refractivity contribution in [1.82, 2.24) is 5.43 Å². The van der Waals surface area contributed by atoms with Gasteiger partial charge in [0.05, 0.1) is 4.47 Å². The van der Waals surface area contributed by atoms with Gasteiger partial charge in [0, 0.05) is 6.04 Å². The molecule has 2 rings (SSSR count). The molecule has 1 aliphatic carbocycles. The second kappa shape index (κ2) is 6.64. The molecule has 3 N–H and O–H groups in total. The Morgan fingerprint density at radius 2 is 1.89 bits per heavy atom. The van der Waals surface area contributed by atoms with E-state index in [-0.39, 0.29) is 11.9 Å². The SMILES string of the molecule is NNC(c1ccc(Br)c(F)c1)C1CCCCCC1. The van der Waals surface area contributed by atoms with E-state index in [1.54, 1.807) is 12.1 Å². The van der Waals surface area contributed by atoms with Crippen LogP contribution in [0.5, 0.6) is 0 Å². The number of rotatable bonds is 3. The Labute approximate surface area is 116 Å². The Balaban J connectivity index is 2.17. The van der Waals surface area contributed by atoms with E-state index >= 15 is 0 Å². The van der Waals surface area contributed by atoms with Gasteiger partial charge < -0.3 is 0 Å². The molecule has 18 heavy (non-hydrogen) atoms. The lowest BCUT2D eigenvalue weighted by atomic mass is 9.87. The van der Waals surface area contributed by atoms with Gasteiger partial charge in [-0.15, -0.1) is 0 Å². The molecule has 1 aromatic rings. The maximum absolute atomic E-state index is 13.6. The highest BCUT2D eigenvalue weighted by molar-refractivity contribution is 9.10. The van der Waals surface area contributed by atoms with Gasteiger partial charge in [0.25, 0.3) is 0 Å². The standard InChI is InChI=1S/C14H20BrFN2/c15-12-8-7-11(9-13(12)16)14(18-17)10-5-3-1-2-4-6-10/h7-10,14,18H,1-6,17H2. The summed E-state index contributed by atoms with van der Waals surface area (Å²) in [5.41, 5.74) is 3.83. The molecule has 100 valence electrons. The number of hydrogen-bond acceptors (Lipinski definition) is 2. The molecule has 2 nitrogen and oxygen atoms in total. The van der Waals surface area contributed by atoms with Gasteiger partial charge in [0.1, 0.15) is 5.82 Å². The average molecular weight is 315 g/mol. The first-order chi connectivity index (χ1) is 8.72. The summed E-state index contributed by atoms with van der Waals surface area (Å²) in [5.74, 6) is 5.98. The molecule has 1 atom stereocenters. The Morgan fingerprint density at radius 3 is 2.44 bits per heavy atom. The maximum atomic E-state index is 13.6. The highest BCUT2D eigenvalue weighted by atomic mass is 79.9. The third-order valence-electron chi connectivity index (χ3n) is 3.85. The predicted molar refractivity (Wildman–Crippen MR) is 75.4 cm³/mol. The number of nitrogens with two attached hydrogens (primary N) is 1. The summed E-state index contributed by atoms with van der Waals surface area (Å²) >= 11 is 3.18. The van der Waals surface area contributed by atoms with Crippen molar-refractivity contribution in [2.45, 2.75) is 44.6 Å². The van der Waals surface area contributed by atoms with Gasteiger partial charge >= 0.3 is 0 Å². The van der Waals surface area contributed by atoms with E-state index in [1.165, 1.54) is 38.5 Å². The van der Waals surface area contributed by atoms with E-state index in [9.17, 15) is 4.39 Å². The molecule has 1 aliphatic rings. The van der Waals surface area contributed by atoms with Crippen molar-refractivity contribution in [3.63, 3.8) is 0 Å². The van der Waals surface area contributed by atoms with Crippen LogP contribution in [0.4, 0.5) is 4.39 Å². The fraction of sp³-hybridized carbons (Fsp3) is 0.571. The summed E-state index contributed by atoms with van der Waals surface area (Å²) in [6.45, 7) is 0. The molecule has 0 radical (unpaired) electrons. The summed E-state index contributed by atoms with van der Waals surface area (Å²) < 4.78 is 14.1. The first kappa shape index (κ1) is 14.0. The van der Waals surface area contributed by atoms with Crippen LogP contribution in [0.25, 0.3) is 0 Å². The highest BCUT2D eigenvalue weighted by Gasteiger charge is 2.23. The van der Waals surface area contributed by atoms with E-state index < -0.39 is 0 Å². The van der Waals surface area contributed by atoms with Crippen LogP contribution >= 0.6 is 15.9 Å². The lowest BCUT2D eigenvalue weighted by molar-refractivity contribution is 0.328. The lowest BCUT2D eigenvalue weighted by Crippen LogP contribution is -2.33. The van der Waals surface area contributed by atoms with Gasteiger partial charge in [0.15, 0.2) is 0 Å². The van der Waals surface area contributed by atoms with Crippen molar-refractivity contribution >= 4 is 15.9 Å². The molecular formula is C14H20BrFN2. The largest absolute Gasteiger partial charge is 0.271 e. The van der Waals surface area contributed by atoms with Crippen LogP contribution in [0.3, 0.4) is 0 Å². The smallest absolute Gasteiger partial charge is 0.137 e. The number of halogens is 2. The third-order valence-corrected chi connectivity index (χ3v) is 4.50. The molecule has 4 heteroatoms. The van der Waals surface area contributed by atoms with E-state index in [0.29, 0.717) is 10.4 Å².